The van der Waals surface area contributed by atoms with Gasteiger partial charge in [0.15, 0.2) is 0 Å². The van der Waals surface area contributed by atoms with Crippen molar-refractivity contribution in [2.75, 3.05) is 0 Å². The van der Waals surface area contributed by atoms with Gasteiger partial charge in [0.1, 0.15) is 0 Å². The molecule has 2 rings (SSSR count). The summed E-state index contributed by atoms with van der Waals surface area (Å²) in [5, 5.41) is 16.6. The van der Waals surface area contributed by atoms with E-state index in [9.17, 15) is 10.1 Å². The lowest BCUT2D eigenvalue weighted by Crippen LogP contribution is -2.17. The molecular formula is C13H13ClN2O2S. The highest BCUT2D eigenvalue weighted by atomic mass is 35.5. The molecule has 0 aliphatic carbocycles. The molecule has 0 bridgehead atoms. The predicted molar refractivity (Wildman–Crippen MR) is 77.7 cm³/mol. The first-order valence-electron chi connectivity index (χ1n) is 5.77. The van der Waals surface area contributed by atoms with Crippen LogP contribution in [0.15, 0.2) is 35.7 Å². The fourth-order valence-electron chi connectivity index (χ4n) is 1.76. The minimum absolute atomic E-state index is 0.0541. The van der Waals surface area contributed by atoms with Crippen LogP contribution in [0.5, 0.6) is 0 Å². The van der Waals surface area contributed by atoms with Gasteiger partial charge in [-0.2, -0.15) is 0 Å². The van der Waals surface area contributed by atoms with E-state index in [-0.39, 0.29) is 11.7 Å². The van der Waals surface area contributed by atoms with Crippen LogP contribution in [0.25, 0.3) is 0 Å². The van der Waals surface area contributed by atoms with Gasteiger partial charge in [0.05, 0.1) is 4.92 Å². The van der Waals surface area contributed by atoms with Crippen LogP contribution in [0, 0.1) is 10.1 Å². The van der Waals surface area contributed by atoms with Crippen molar-refractivity contribution in [3.8, 4) is 0 Å². The number of hydrogen-bond donors (Lipinski definition) is 1. The Labute approximate surface area is 120 Å². The fourth-order valence-corrected chi connectivity index (χ4v) is 2.68. The molecule has 0 aliphatic rings. The van der Waals surface area contributed by atoms with E-state index in [0.29, 0.717) is 17.1 Å². The van der Waals surface area contributed by atoms with E-state index in [1.165, 1.54) is 10.9 Å². The van der Waals surface area contributed by atoms with Crippen molar-refractivity contribution in [1.29, 1.82) is 0 Å². The van der Waals surface area contributed by atoms with Gasteiger partial charge in [-0.25, -0.2) is 0 Å². The maximum atomic E-state index is 11.0. The smallest absolute Gasteiger partial charge is 0.275 e. The summed E-state index contributed by atoms with van der Waals surface area (Å²) in [5.74, 6) is 0. The van der Waals surface area contributed by atoms with Gasteiger partial charge in [0.25, 0.3) is 5.69 Å². The Kier molecular flexibility index (Phi) is 4.52. The summed E-state index contributed by atoms with van der Waals surface area (Å²) in [4.78, 5) is 11.8. The van der Waals surface area contributed by atoms with E-state index in [1.54, 1.807) is 23.5 Å². The molecule has 19 heavy (non-hydrogen) atoms. The van der Waals surface area contributed by atoms with E-state index in [1.807, 2.05) is 24.4 Å². The molecule has 0 fully saturated rings. The first kappa shape index (κ1) is 14.0. The Morgan fingerprint density at radius 1 is 1.47 bits per heavy atom. The molecule has 2 aromatic rings. The Hall–Kier alpha value is -1.43. The first-order valence-corrected chi connectivity index (χ1v) is 7.03. The van der Waals surface area contributed by atoms with E-state index < -0.39 is 4.92 Å². The lowest BCUT2D eigenvalue weighted by molar-refractivity contribution is -0.385. The molecule has 100 valence electrons. The van der Waals surface area contributed by atoms with Crippen molar-refractivity contribution in [3.63, 3.8) is 0 Å². The maximum Gasteiger partial charge on any atom is 0.275 e. The van der Waals surface area contributed by atoms with E-state index in [4.69, 9.17) is 11.6 Å². The Balaban J connectivity index is 2.09. The zero-order valence-corrected chi connectivity index (χ0v) is 11.9. The van der Waals surface area contributed by atoms with Crippen LogP contribution in [0.1, 0.15) is 23.4 Å². The van der Waals surface area contributed by atoms with Crippen LogP contribution in [-0.2, 0) is 6.54 Å². The molecule has 1 atom stereocenters. The molecule has 0 saturated heterocycles. The average Bonchev–Trinajstić information content (AvgIpc) is 2.90. The van der Waals surface area contributed by atoms with Gasteiger partial charge < -0.3 is 5.32 Å². The molecule has 1 aromatic carbocycles. The van der Waals surface area contributed by atoms with Crippen LogP contribution >= 0.6 is 22.9 Å². The van der Waals surface area contributed by atoms with Crippen molar-refractivity contribution in [2.45, 2.75) is 19.5 Å². The zero-order chi connectivity index (χ0) is 13.8. The van der Waals surface area contributed by atoms with E-state index in [0.717, 1.165) is 0 Å². The molecule has 1 heterocycles. The fraction of sp³-hybridized carbons (Fsp3) is 0.231. The third-order valence-electron chi connectivity index (χ3n) is 2.81. The number of nitrogens with one attached hydrogen (secondary N) is 1. The van der Waals surface area contributed by atoms with Crippen molar-refractivity contribution >= 4 is 28.6 Å². The molecule has 0 saturated carbocycles. The second-order valence-electron chi connectivity index (χ2n) is 4.15. The summed E-state index contributed by atoms with van der Waals surface area (Å²) >= 11 is 7.44. The van der Waals surface area contributed by atoms with Crippen molar-refractivity contribution in [1.82, 2.24) is 5.32 Å². The molecule has 0 radical (unpaired) electrons. The summed E-state index contributed by atoms with van der Waals surface area (Å²) in [6, 6.07) is 8.93. The summed E-state index contributed by atoms with van der Waals surface area (Å²) in [6.45, 7) is 2.47. The number of thiophene rings is 1. The van der Waals surface area contributed by atoms with Gasteiger partial charge in [-0.05, 0) is 30.5 Å². The van der Waals surface area contributed by atoms with Gasteiger partial charge in [-0.3, -0.25) is 10.1 Å². The number of hydrogen-bond acceptors (Lipinski definition) is 4. The van der Waals surface area contributed by atoms with Crippen LogP contribution in [0.4, 0.5) is 5.69 Å². The third kappa shape index (κ3) is 3.53. The lowest BCUT2D eigenvalue weighted by atomic mass is 10.1. The number of rotatable bonds is 5. The third-order valence-corrected chi connectivity index (χ3v) is 4.10. The molecule has 1 unspecified atom stereocenters. The number of nitro benzene ring substituents is 1. The van der Waals surface area contributed by atoms with E-state index >= 15 is 0 Å². The molecule has 0 amide bonds. The van der Waals surface area contributed by atoms with Crippen molar-refractivity contribution < 1.29 is 4.92 Å². The Morgan fingerprint density at radius 3 is 2.89 bits per heavy atom. The standard InChI is InChI=1S/C13H13ClN2O2S/c1-9(13-3-2-6-19-13)15-8-10-4-5-11(14)7-12(10)16(17)18/h2-7,9,15H,8H2,1H3. The first-order chi connectivity index (χ1) is 9.08. The lowest BCUT2D eigenvalue weighted by Gasteiger charge is -2.12. The quantitative estimate of drug-likeness (QED) is 0.666. The van der Waals surface area contributed by atoms with E-state index in [2.05, 4.69) is 5.32 Å². The Bertz CT molecular complexity index is 572. The number of nitrogens with zero attached hydrogens (tertiary/aromatic N) is 1. The summed E-state index contributed by atoms with van der Waals surface area (Å²) in [7, 11) is 0. The van der Waals surface area contributed by atoms with Gasteiger partial charge in [-0.1, -0.05) is 17.7 Å². The normalized spacial score (nSPS) is 12.3. The van der Waals surface area contributed by atoms with Crippen molar-refractivity contribution in [2.24, 2.45) is 0 Å². The van der Waals surface area contributed by atoms with Gasteiger partial charge in [0.2, 0.25) is 0 Å². The van der Waals surface area contributed by atoms with Gasteiger partial charge in [0, 0.05) is 34.1 Å². The highest BCUT2D eigenvalue weighted by Crippen LogP contribution is 2.24. The monoisotopic (exact) mass is 296 g/mol. The highest BCUT2D eigenvalue weighted by Gasteiger charge is 2.15. The minimum Gasteiger partial charge on any atom is -0.305 e. The SMILES string of the molecule is CC(NCc1ccc(Cl)cc1[N+](=O)[O-])c1cccs1. The molecule has 0 spiro atoms. The minimum atomic E-state index is -0.404. The zero-order valence-electron chi connectivity index (χ0n) is 10.3. The summed E-state index contributed by atoms with van der Waals surface area (Å²) in [5.41, 5.74) is 0.691. The van der Waals surface area contributed by atoms with Crippen LogP contribution in [-0.4, -0.2) is 4.92 Å². The number of benzene rings is 1. The van der Waals surface area contributed by atoms with Crippen molar-refractivity contribution in [3.05, 3.63) is 61.3 Å². The highest BCUT2D eigenvalue weighted by molar-refractivity contribution is 7.10. The maximum absolute atomic E-state index is 11.0. The molecule has 4 nitrogen and oxygen atoms in total. The largest absolute Gasteiger partial charge is 0.305 e. The Morgan fingerprint density at radius 2 is 2.26 bits per heavy atom. The van der Waals surface area contributed by atoms with Crippen LogP contribution < -0.4 is 5.32 Å². The second-order valence-corrected chi connectivity index (χ2v) is 5.56. The molecule has 1 N–H and O–H groups in total. The molecular weight excluding hydrogens is 284 g/mol. The van der Waals surface area contributed by atoms with Crippen LogP contribution in [0.2, 0.25) is 5.02 Å². The number of halogens is 1. The average molecular weight is 297 g/mol. The second kappa shape index (κ2) is 6.14. The summed E-state index contributed by atoms with van der Waals surface area (Å²) < 4.78 is 0. The predicted octanol–water partition coefficient (Wildman–Crippen LogP) is 4.16. The summed E-state index contributed by atoms with van der Waals surface area (Å²) in [6.07, 6.45) is 0. The van der Waals surface area contributed by atoms with Gasteiger partial charge >= 0.3 is 0 Å². The molecule has 1 aromatic heterocycles. The molecule has 6 heteroatoms. The van der Waals surface area contributed by atoms with Crippen LogP contribution in [0.3, 0.4) is 0 Å². The van der Waals surface area contributed by atoms with Gasteiger partial charge in [-0.15, -0.1) is 11.3 Å². The molecule has 0 aliphatic heterocycles. The topological polar surface area (TPSA) is 55.2 Å². The number of nitro groups is 1.